The van der Waals surface area contributed by atoms with Gasteiger partial charge in [-0.05, 0) is 24.3 Å². The van der Waals surface area contributed by atoms with Gasteiger partial charge in [-0.1, -0.05) is 6.07 Å². The summed E-state index contributed by atoms with van der Waals surface area (Å²) in [5.41, 5.74) is 1.82. The maximum absolute atomic E-state index is 11.8. The van der Waals surface area contributed by atoms with Crippen LogP contribution in [0.2, 0.25) is 0 Å². The van der Waals surface area contributed by atoms with Gasteiger partial charge in [0, 0.05) is 19.7 Å². The minimum absolute atomic E-state index is 0.203. The van der Waals surface area contributed by atoms with Gasteiger partial charge in [-0.15, -0.1) is 0 Å². The highest BCUT2D eigenvalue weighted by atomic mass is 16.4. The molecule has 0 atom stereocenters. The number of hydrogen-bond acceptors (Lipinski definition) is 3. The number of rotatable bonds is 2. The van der Waals surface area contributed by atoms with Crippen LogP contribution in [0.15, 0.2) is 39.5 Å². The van der Waals surface area contributed by atoms with E-state index in [1.54, 1.807) is 32.3 Å². The van der Waals surface area contributed by atoms with Crippen LogP contribution >= 0.6 is 0 Å². The van der Waals surface area contributed by atoms with Crippen molar-refractivity contribution in [2.45, 2.75) is 0 Å². The van der Waals surface area contributed by atoms with Crippen molar-refractivity contribution in [2.24, 2.45) is 0 Å². The summed E-state index contributed by atoms with van der Waals surface area (Å²) >= 11 is 0. The van der Waals surface area contributed by atoms with Crippen molar-refractivity contribution in [3.63, 3.8) is 0 Å². The lowest BCUT2D eigenvalue weighted by Crippen LogP contribution is -2.20. The molecule has 0 bridgehead atoms. The topological polar surface area (TPSA) is 82.1 Å². The normalized spacial score (nSPS) is 10.9. The number of carbonyl (C=O) groups is 1. The number of benzene rings is 1. The van der Waals surface area contributed by atoms with Crippen molar-refractivity contribution >= 4 is 16.9 Å². The van der Waals surface area contributed by atoms with Crippen molar-refractivity contribution in [3.05, 3.63) is 46.6 Å². The number of aromatic nitrogens is 2. The summed E-state index contributed by atoms with van der Waals surface area (Å²) in [4.78, 5) is 30.1. The zero-order valence-electron chi connectivity index (χ0n) is 11.1. The molecule has 0 aliphatic rings. The van der Waals surface area contributed by atoms with E-state index in [0.717, 1.165) is 5.56 Å². The largest absolute Gasteiger partial charge is 0.451 e. The molecular formula is C14H13N3O3. The van der Waals surface area contributed by atoms with Crippen molar-refractivity contribution in [1.29, 1.82) is 0 Å². The number of amides is 1. The number of para-hydroxylation sites is 1. The molecule has 3 rings (SSSR count). The number of H-pyrrole nitrogens is 2. The molecule has 1 aromatic carbocycles. The molecule has 0 saturated carbocycles. The van der Waals surface area contributed by atoms with Crippen LogP contribution in [0.1, 0.15) is 10.6 Å². The molecular weight excluding hydrogens is 258 g/mol. The van der Waals surface area contributed by atoms with Crippen molar-refractivity contribution < 1.29 is 9.21 Å². The molecule has 3 aromatic rings. The molecule has 0 saturated heterocycles. The van der Waals surface area contributed by atoms with E-state index in [9.17, 15) is 9.59 Å². The van der Waals surface area contributed by atoms with E-state index in [0.29, 0.717) is 16.8 Å². The van der Waals surface area contributed by atoms with Crippen molar-refractivity contribution in [1.82, 2.24) is 14.9 Å². The lowest BCUT2D eigenvalue weighted by molar-refractivity contribution is 0.0797. The van der Waals surface area contributed by atoms with Crippen LogP contribution in [0, 0.1) is 0 Å². The molecule has 102 valence electrons. The summed E-state index contributed by atoms with van der Waals surface area (Å²) in [6, 6.07) is 8.79. The maximum Gasteiger partial charge on any atom is 0.323 e. The standard InChI is InChI=1S/C14H13N3O3/c1-17(2)13(18)11-7-6-10(20-11)8-4-3-5-9-12(8)16-14(19)15-9/h3-7H,1-2H3,(H2,15,16,19). The molecule has 20 heavy (non-hydrogen) atoms. The smallest absolute Gasteiger partial charge is 0.323 e. The fourth-order valence-electron chi connectivity index (χ4n) is 2.08. The number of fused-ring (bicyclic) bond motifs is 1. The first kappa shape index (κ1) is 12.3. The first-order chi connectivity index (χ1) is 9.56. The Morgan fingerprint density at radius 2 is 1.95 bits per heavy atom. The molecule has 0 aliphatic heterocycles. The van der Waals surface area contributed by atoms with Gasteiger partial charge in [-0.2, -0.15) is 0 Å². The number of furan rings is 1. The van der Waals surface area contributed by atoms with Gasteiger partial charge in [-0.3, -0.25) is 4.79 Å². The van der Waals surface area contributed by atoms with Gasteiger partial charge in [0.15, 0.2) is 5.76 Å². The average Bonchev–Trinajstić information content (AvgIpc) is 3.02. The van der Waals surface area contributed by atoms with Crippen LogP contribution in [0.3, 0.4) is 0 Å². The summed E-state index contributed by atoms with van der Waals surface area (Å²) in [5.74, 6) is 0.599. The molecule has 2 N–H and O–H groups in total. The number of imidazole rings is 1. The zero-order valence-corrected chi connectivity index (χ0v) is 11.1. The molecule has 1 amide bonds. The second-order valence-electron chi connectivity index (χ2n) is 4.67. The lowest BCUT2D eigenvalue weighted by atomic mass is 10.1. The number of nitrogens with zero attached hydrogens (tertiary/aromatic N) is 1. The second kappa shape index (κ2) is 4.41. The summed E-state index contributed by atoms with van der Waals surface area (Å²) in [5, 5.41) is 0. The van der Waals surface area contributed by atoms with E-state index < -0.39 is 0 Å². The van der Waals surface area contributed by atoms with Crippen LogP contribution in [0.4, 0.5) is 0 Å². The summed E-state index contributed by atoms with van der Waals surface area (Å²) in [6.45, 7) is 0. The van der Waals surface area contributed by atoms with Crippen LogP contribution < -0.4 is 5.69 Å². The Bertz CT molecular complexity index is 839. The lowest BCUT2D eigenvalue weighted by Gasteiger charge is -2.06. The highest BCUT2D eigenvalue weighted by molar-refractivity contribution is 5.94. The zero-order chi connectivity index (χ0) is 14.3. The third-order valence-electron chi connectivity index (χ3n) is 3.04. The third kappa shape index (κ3) is 1.91. The van der Waals surface area contributed by atoms with E-state index >= 15 is 0 Å². The van der Waals surface area contributed by atoms with Crippen LogP contribution in [-0.2, 0) is 0 Å². The Labute approximate surface area is 114 Å². The van der Waals surface area contributed by atoms with Crippen molar-refractivity contribution in [2.75, 3.05) is 14.1 Å². The second-order valence-corrected chi connectivity index (χ2v) is 4.67. The minimum atomic E-state index is -0.274. The SMILES string of the molecule is CN(C)C(=O)c1ccc(-c2cccc3[nH]c(=O)[nH]c23)o1. The quantitative estimate of drug-likeness (QED) is 0.745. The Hall–Kier alpha value is -2.76. The molecule has 6 heteroatoms. The van der Waals surface area contributed by atoms with Gasteiger partial charge in [0.2, 0.25) is 0 Å². The van der Waals surface area contributed by atoms with Gasteiger partial charge in [-0.25, -0.2) is 4.79 Å². The highest BCUT2D eigenvalue weighted by Gasteiger charge is 2.15. The number of carbonyl (C=O) groups excluding carboxylic acids is 1. The van der Waals surface area contributed by atoms with Crippen LogP contribution in [0.5, 0.6) is 0 Å². The Kier molecular flexibility index (Phi) is 2.71. The van der Waals surface area contributed by atoms with Crippen molar-refractivity contribution in [3.8, 4) is 11.3 Å². The van der Waals surface area contributed by atoms with Gasteiger partial charge in [0.05, 0.1) is 11.0 Å². The Morgan fingerprint density at radius 1 is 1.15 bits per heavy atom. The molecule has 0 fully saturated rings. The molecule has 0 radical (unpaired) electrons. The van der Waals surface area contributed by atoms with Gasteiger partial charge in [0.1, 0.15) is 5.76 Å². The summed E-state index contributed by atoms with van der Waals surface area (Å²) in [6.07, 6.45) is 0. The van der Waals surface area contributed by atoms with Crippen LogP contribution in [0.25, 0.3) is 22.4 Å². The van der Waals surface area contributed by atoms with Gasteiger partial charge < -0.3 is 19.3 Å². The van der Waals surface area contributed by atoms with Gasteiger partial charge >= 0.3 is 5.69 Å². The first-order valence-corrected chi connectivity index (χ1v) is 6.09. The Balaban J connectivity index is 2.12. The number of hydrogen-bond donors (Lipinski definition) is 2. The van der Waals surface area contributed by atoms with E-state index in [2.05, 4.69) is 9.97 Å². The number of nitrogens with one attached hydrogen (secondary N) is 2. The van der Waals surface area contributed by atoms with E-state index in [4.69, 9.17) is 4.42 Å². The maximum atomic E-state index is 11.8. The fourth-order valence-corrected chi connectivity index (χ4v) is 2.08. The summed E-state index contributed by atoms with van der Waals surface area (Å²) < 4.78 is 5.58. The third-order valence-corrected chi connectivity index (χ3v) is 3.04. The summed E-state index contributed by atoms with van der Waals surface area (Å²) in [7, 11) is 3.32. The predicted molar refractivity (Wildman–Crippen MR) is 74.6 cm³/mol. The predicted octanol–water partition coefficient (Wildman–Crippen LogP) is 1.82. The molecule has 0 spiro atoms. The van der Waals surface area contributed by atoms with Crippen LogP contribution in [-0.4, -0.2) is 34.9 Å². The fraction of sp³-hybridized carbons (Fsp3) is 0.143. The van der Waals surface area contributed by atoms with E-state index in [1.165, 1.54) is 4.90 Å². The monoisotopic (exact) mass is 271 g/mol. The molecule has 6 nitrogen and oxygen atoms in total. The molecule has 0 unspecified atom stereocenters. The highest BCUT2D eigenvalue weighted by Crippen LogP contribution is 2.27. The molecule has 2 heterocycles. The minimum Gasteiger partial charge on any atom is -0.451 e. The van der Waals surface area contributed by atoms with E-state index in [-0.39, 0.29) is 17.4 Å². The average molecular weight is 271 g/mol. The number of aromatic amines is 2. The molecule has 2 aromatic heterocycles. The van der Waals surface area contributed by atoms with Gasteiger partial charge in [0.25, 0.3) is 5.91 Å². The first-order valence-electron chi connectivity index (χ1n) is 6.09. The molecule has 0 aliphatic carbocycles. The Morgan fingerprint density at radius 3 is 2.70 bits per heavy atom. The van der Waals surface area contributed by atoms with E-state index in [1.807, 2.05) is 12.1 Å².